The number of hydrogen-bond acceptors (Lipinski definition) is 4. The quantitative estimate of drug-likeness (QED) is 0.813. The van der Waals surface area contributed by atoms with Gasteiger partial charge in [-0.05, 0) is 68.2 Å². The van der Waals surface area contributed by atoms with Crippen molar-refractivity contribution in [3.05, 3.63) is 35.4 Å². The van der Waals surface area contributed by atoms with Gasteiger partial charge in [0.15, 0.2) is 11.5 Å². The number of aliphatic hydroxyl groups is 1. The van der Waals surface area contributed by atoms with Crippen molar-refractivity contribution in [2.45, 2.75) is 61.7 Å². The first-order valence-corrected chi connectivity index (χ1v) is 9.71. The van der Waals surface area contributed by atoms with Crippen LogP contribution in [0.25, 0.3) is 0 Å². The molecule has 0 aromatic heterocycles. The Hall–Kier alpha value is -1.52. The van der Waals surface area contributed by atoms with Gasteiger partial charge < -0.3 is 14.9 Å². The predicted molar refractivity (Wildman–Crippen MR) is 93.9 cm³/mol. The Kier molecular flexibility index (Phi) is 2.58. The number of nitrogens with zero attached hydrogens (tertiary/aromatic N) is 1. The zero-order valence-corrected chi connectivity index (χ0v) is 14.5. The molecule has 2 bridgehead atoms. The van der Waals surface area contributed by atoms with E-state index in [1.165, 1.54) is 18.4 Å². The molecule has 0 radical (unpaired) electrons. The van der Waals surface area contributed by atoms with E-state index in [0.29, 0.717) is 5.75 Å². The summed E-state index contributed by atoms with van der Waals surface area (Å²) in [5.41, 5.74) is 2.21. The number of phenols is 1. The van der Waals surface area contributed by atoms with Gasteiger partial charge in [0.1, 0.15) is 6.10 Å². The van der Waals surface area contributed by atoms with Crippen LogP contribution < -0.4 is 4.74 Å². The van der Waals surface area contributed by atoms with E-state index in [1.54, 1.807) is 6.07 Å². The van der Waals surface area contributed by atoms with Crippen LogP contribution in [0.2, 0.25) is 0 Å². The van der Waals surface area contributed by atoms with Gasteiger partial charge in [0.2, 0.25) is 0 Å². The van der Waals surface area contributed by atoms with E-state index in [0.717, 1.165) is 55.8 Å². The van der Waals surface area contributed by atoms with Crippen LogP contribution in [0.15, 0.2) is 24.3 Å². The highest BCUT2D eigenvalue weighted by molar-refractivity contribution is 5.63. The lowest BCUT2D eigenvalue weighted by Crippen LogP contribution is -2.75. The van der Waals surface area contributed by atoms with E-state index in [-0.39, 0.29) is 17.9 Å². The lowest BCUT2D eigenvalue weighted by Gasteiger charge is -2.63. The minimum Gasteiger partial charge on any atom is -0.504 e. The molecule has 5 aliphatic rings. The van der Waals surface area contributed by atoms with Crippen LogP contribution in [0.1, 0.15) is 43.2 Å². The van der Waals surface area contributed by atoms with Gasteiger partial charge in [-0.2, -0.15) is 0 Å². The minimum absolute atomic E-state index is 0.157. The van der Waals surface area contributed by atoms with Crippen molar-refractivity contribution >= 4 is 0 Å². The number of piperidine rings is 1. The van der Waals surface area contributed by atoms with Crippen LogP contribution in [-0.2, 0) is 11.8 Å². The summed E-state index contributed by atoms with van der Waals surface area (Å²) in [5.74, 6) is 1.64. The van der Waals surface area contributed by atoms with E-state index >= 15 is 0 Å². The maximum atomic E-state index is 12.1. The molecule has 132 valence electrons. The van der Waals surface area contributed by atoms with Crippen LogP contribution >= 0.6 is 0 Å². The second-order valence-electron chi connectivity index (χ2n) is 8.91. The highest BCUT2D eigenvalue weighted by Gasteiger charge is 2.71. The zero-order chi connectivity index (χ0) is 17.0. The molecule has 3 fully saturated rings. The van der Waals surface area contributed by atoms with Gasteiger partial charge in [-0.3, -0.25) is 4.90 Å². The SMILES string of the molecule is C=C1CC[C@@]2(O)C3Cc4ccc(O)c5c4[C@@]2(CCN3CC2CC2)C1O5. The first kappa shape index (κ1) is 14.6. The molecule has 2 N–H and O–H groups in total. The molecule has 6 rings (SSSR count). The summed E-state index contributed by atoms with van der Waals surface area (Å²) in [4.78, 5) is 2.56. The Labute approximate surface area is 148 Å². The van der Waals surface area contributed by atoms with Crippen LogP contribution in [-0.4, -0.2) is 45.9 Å². The molecule has 1 aromatic carbocycles. The fourth-order valence-corrected chi connectivity index (χ4v) is 6.39. The molecular formula is C21H25NO3. The topological polar surface area (TPSA) is 52.9 Å². The van der Waals surface area contributed by atoms with E-state index in [4.69, 9.17) is 4.74 Å². The zero-order valence-electron chi connectivity index (χ0n) is 14.5. The second-order valence-corrected chi connectivity index (χ2v) is 8.91. The van der Waals surface area contributed by atoms with E-state index in [9.17, 15) is 10.2 Å². The van der Waals surface area contributed by atoms with Crippen LogP contribution in [0.5, 0.6) is 11.5 Å². The third-order valence-electron chi connectivity index (χ3n) is 7.71. The van der Waals surface area contributed by atoms with Gasteiger partial charge in [-0.25, -0.2) is 0 Å². The normalized spacial score (nSPS) is 41.4. The molecule has 2 unspecified atom stereocenters. The summed E-state index contributed by atoms with van der Waals surface area (Å²) >= 11 is 0. The van der Waals surface area contributed by atoms with E-state index in [1.807, 2.05) is 6.07 Å². The summed E-state index contributed by atoms with van der Waals surface area (Å²) in [7, 11) is 0. The first-order chi connectivity index (χ1) is 12.0. The van der Waals surface area contributed by atoms with Gasteiger partial charge in [-0.1, -0.05) is 12.6 Å². The molecule has 2 heterocycles. The molecule has 0 amide bonds. The number of ether oxygens (including phenoxy) is 1. The number of likely N-dealkylation sites (tertiary alicyclic amines) is 1. The highest BCUT2D eigenvalue weighted by Crippen LogP contribution is 2.66. The Morgan fingerprint density at radius 3 is 2.92 bits per heavy atom. The summed E-state index contributed by atoms with van der Waals surface area (Å²) in [6.07, 6.45) is 5.79. The Morgan fingerprint density at radius 2 is 2.12 bits per heavy atom. The number of phenolic OH excluding ortho intramolecular Hbond substituents is 1. The Morgan fingerprint density at radius 1 is 1.28 bits per heavy atom. The van der Waals surface area contributed by atoms with Gasteiger partial charge in [0.05, 0.1) is 11.0 Å². The van der Waals surface area contributed by atoms with E-state index in [2.05, 4.69) is 11.5 Å². The van der Waals surface area contributed by atoms with Crippen molar-refractivity contribution in [2.24, 2.45) is 5.92 Å². The van der Waals surface area contributed by atoms with Gasteiger partial charge in [0, 0.05) is 18.2 Å². The lowest BCUT2D eigenvalue weighted by molar-refractivity contribution is -0.174. The smallest absolute Gasteiger partial charge is 0.166 e. The van der Waals surface area contributed by atoms with Crippen molar-refractivity contribution in [3.63, 3.8) is 0 Å². The number of aromatic hydroxyl groups is 1. The molecule has 1 saturated heterocycles. The molecule has 4 heteroatoms. The molecule has 2 saturated carbocycles. The van der Waals surface area contributed by atoms with Crippen molar-refractivity contribution in [3.8, 4) is 11.5 Å². The molecule has 4 atom stereocenters. The third-order valence-corrected chi connectivity index (χ3v) is 7.71. The van der Waals surface area contributed by atoms with Crippen molar-refractivity contribution in [1.82, 2.24) is 4.90 Å². The van der Waals surface area contributed by atoms with Gasteiger partial charge in [0.25, 0.3) is 0 Å². The molecular weight excluding hydrogens is 314 g/mol. The maximum absolute atomic E-state index is 12.1. The van der Waals surface area contributed by atoms with Crippen LogP contribution in [0.3, 0.4) is 0 Å². The monoisotopic (exact) mass is 339 g/mol. The molecule has 1 aromatic rings. The third kappa shape index (κ3) is 1.57. The molecule has 3 aliphatic carbocycles. The molecule has 25 heavy (non-hydrogen) atoms. The summed E-state index contributed by atoms with van der Waals surface area (Å²) < 4.78 is 6.29. The number of benzene rings is 1. The Bertz CT molecular complexity index is 801. The fraction of sp³-hybridized carbons (Fsp3) is 0.619. The van der Waals surface area contributed by atoms with Crippen LogP contribution in [0.4, 0.5) is 0 Å². The first-order valence-electron chi connectivity index (χ1n) is 9.71. The summed E-state index contributed by atoms with van der Waals surface area (Å²) in [6, 6.07) is 3.96. The van der Waals surface area contributed by atoms with Crippen molar-refractivity contribution in [1.29, 1.82) is 0 Å². The van der Waals surface area contributed by atoms with Crippen molar-refractivity contribution in [2.75, 3.05) is 13.1 Å². The van der Waals surface area contributed by atoms with Gasteiger partial charge >= 0.3 is 0 Å². The molecule has 1 spiro atoms. The van der Waals surface area contributed by atoms with Crippen LogP contribution in [0, 0.1) is 5.92 Å². The average Bonchev–Trinajstić information content (AvgIpc) is 3.32. The summed E-state index contributed by atoms with van der Waals surface area (Å²) in [6.45, 7) is 6.40. The van der Waals surface area contributed by atoms with E-state index < -0.39 is 11.0 Å². The lowest BCUT2D eigenvalue weighted by atomic mass is 9.48. The van der Waals surface area contributed by atoms with Crippen molar-refractivity contribution < 1.29 is 14.9 Å². The largest absolute Gasteiger partial charge is 0.504 e. The van der Waals surface area contributed by atoms with Gasteiger partial charge in [-0.15, -0.1) is 0 Å². The summed E-state index contributed by atoms with van der Waals surface area (Å²) in [5, 5.41) is 22.5. The Balaban J connectivity index is 1.58. The average molecular weight is 339 g/mol. The highest BCUT2D eigenvalue weighted by atomic mass is 16.5. The maximum Gasteiger partial charge on any atom is 0.166 e. The predicted octanol–water partition coefficient (Wildman–Crippen LogP) is 2.51. The number of rotatable bonds is 2. The minimum atomic E-state index is -0.780. The fourth-order valence-electron chi connectivity index (χ4n) is 6.39. The second kappa shape index (κ2) is 4.41. The molecule has 4 nitrogen and oxygen atoms in total. The molecule has 2 aliphatic heterocycles. The number of hydrogen-bond donors (Lipinski definition) is 2. The standard InChI is InChI=1S/C21H25NO3/c1-12-6-7-21(24)16-10-14-4-5-15(23)18-17(14)20(21,19(12)25-18)8-9-22(16)11-13-2-3-13/h4-5,13,16,19,23-24H,1-3,6-11H2/t16?,19?,20-,21+/m0/s1.